The van der Waals surface area contributed by atoms with Gasteiger partial charge in [-0.1, -0.05) is 58.0 Å². The number of carbonyl (C=O) groups is 2. The Hall–Kier alpha value is -4.52. The van der Waals surface area contributed by atoms with E-state index in [9.17, 15) is 20.1 Å². The van der Waals surface area contributed by atoms with Crippen LogP contribution in [0.4, 0.5) is 0 Å². The predicted octanol–water partition coefficient (Wildman–Crippen LogP) is 7.39. The molecule has 0 N–H and O–H groups in total. The molecule has 0 saturated heterocycles. The monoisotopic (exact) mass is 518 g/mol. The topological polar surface area (TPSA) is 100 Å². The van der Waals surface area contributed by atoms with Crippen molar-refractivity contribution in [2.24, 2.45) is 11.8 Å². The van der Waals surface area contributed by atoms with Crippen LogP contribution in [0.25, 0.3) is 43.1 Å². The first-order valence-corrected chi connectivity index (χ1v) is 12.9. The summed E-state index contributed by atoms with van der Waals surface area (Å²) < 4.78 is 10.3. The lowest BCUT2D eigenvalue weighted by Crippen LogP contribution is -2.11. The molecule has 0 aliphatic carbocycles. The minimum atomic E-state index is -0.462. The van der Waals surface area contributed by atoms with E-state index in [0.717, 1.165) is 45.2 Å². The molecule has 0 heterocycles. The largest absolute Gasteiger partial charge is 0.462 e. The summed E-state index contributed by atoms with van der Waals surface area (Å²) in [4.78, 5) is 24.7. The second-order valence-electron chi connectivity index (χ2n) is 10.4. The zero-order chi connectivity index (χ0) is 28.3. The highest BCUT2D eigenvalue weighted by molar-refractivity contribution is 6.36. The lowest BCUT2D eigenvalue weighted by atomic mass is 9.85. The van der Waals surface area contributed by atoms with Gasteiger partial charge in [0.1, 0.15) is 0 Å². The molecule has 0 bridgehead atoms. The molecule has 6 nitrogen and oxygen atoms in total. The van der Waals surface area contributed by atoms with Gasteiger partial charge in [-0.25, -0.2) is 4.79 Å². The van der Waals surface area contributed by atoms with Gasteiger partial charge in [-0.15, -0.1) is 0 Å². The summed E-state index contributed by atoms with van der Waals surface area (Å²) in [6, 6.07) is 18.7. The van der Waals surface area contributed by atoms with Crippen molar-refractivity contribution in [3.63, 3.8) is 0 Å². The van der Waals surface area contributed by atoms with Gasteiger partial charge in [-0.05, 0) is 62.4 Å². The predicted molar refractivity (Wildman–Crippen MR) is 154 cm³/mol. The molecule has 0 atom stereocenters. The standard InChI is InChI=1S/C28H18N2O3.C5H12O/c1-15(2)14-33-28(32)23-10-9-22-19-6-3-16(11-29)24-18(13-31)5-8-20(26(19)24)21-7-4-17(12-30)25(23)27(21)22;1-5(2)4-6-3/h3-10,13,15H,14H2,1-2H3;5H,4H2,1-3H3. The van der Waals surface area contributed by atoms with Crippen LogP contribution in [-0.2, 0) is 9.47 Å². The maximum absolute atomic E-state index is 13.0. The molecular formula is C33H30N2O4. The van der Waals surface area contributed by atoms with Crippen molar-refractivity contribution in [2.45, 2.75) is 27.7 Å². The molecule has 5 rings (SSSR count). The smallest absolute Gasteiger partial charge is 0.338 e. The van der Waals surface area contributed by atoms with Crippen molar-refractivity contribution in [1.82, 2.24) is 0 Å². The number of ether oxygens (including phenoxy) is 2. The zero-order valence-corrected chi connectivity index (χ0v) is 22.8. The Bertz CT molecular complexity index is 1770. The van der Waals surface area contributed by atoms with Crippen LogP contribution < -0.4 is 0 Å². The average Bonchev–Trinajstić information content (AvgIpc) is 2.93. The summed E-state index contributed by atoms with van der Waals surface area (Å²) in [5.74, 6) is 0.404. The minimum absolute atomic E-state index is 0.190. The normalized spacial score (nSPS) is 11.1. The number of rotatable bonds is 6. The maximum Gasteiger partial charge on any atom is 0.338 e. The Morgan fingerprint density at radius 2 is 1.23 bits per heavy atom. The van der Waals surface area contributed by atoms with E-state index in [1.165, 1.54) is 0 Å². The van der Waals surface area contributed by atoms with Gasteiger partial charge in [0.05, 0.1) is 35.4 Å². The number of benzene rings is 5. The van der Waals surface area contributed by atoms with E-state index in [0.29, 0.717) is 38.9 Å². The van der Waals surface area contributed by atoms with Gasteiger partial charge in [-0.2, -0.15) is 10.5 Å². The zero-order valence-electron chi connectivity index (χ0n) is 22.8. The quantitative estimate of drug-likeness (QED) is 0.100. The molecule has 0 fully saturated rings. The Morgan fingerprint density at radius 1 is 0.744 bits per heavy atom. The van der Waals surface area contributed by atoms with Gasteiger partial charge in [0, 0.05) is 30.1 Å². The number of hydrogen-bond acceptors (Lipinski definition) is 6. The first-order valence-electron chi connectivity index (χ1n) is 12.9. The summed E-state index contributed by atoms with van der Waals surface area (Å²) in [5.41, 5.74) is 1.63. The fraction of sp³-hybridized carbons (Fsp3) is 0.273. The lowest BCUT2D eigenvalue weighted by molar-refractivity contribution is 0.0461. The third-order valence-corrected chi connectivity index (χ3v) is 6.57. The van der Waals surface area contributed by atoms with Crippen molar-refractivity contribution in [1.29, 1.82) is 10.5 Å². The van der Waals surface area contributed by atoms with Gasteiger partial charge < -0.3 is 9.47 Å². The molecule has 196 valence electrons. The number of hydrogen-bond donors (Lipinski definition) is 0. The highest BCUT2D eigenvalue weighted by atomic mass is 16.5. The molecule has 0 amide bonds. The average molecular weight is 519 g/mol. The Labute approximate surface area is 227 Å². The second kappa shape index (κ2) is 11.5. The lowest BCUT2D eigenvalue weighted by Gasteiger charge is -2.18. The van der Waals surface area contributed by atoms with E-state index in [-0.39, 0.29) is 12.5 Å². The summed E-state index contributed by atoms with van der Waals surface area (Å²) in [5, 5.41) is 25.7. The number of nitrogens with zero attached hydrogens (tertiary/aromatic N) is 2. The molecule has 5 aromatic rings. The maximum atomic E-state index is 13.0. The van der Waals surface area contributed by atoms with Crippen LogP contribution in [0.3, 0.4) is 0 Å². The number of fused-ring (bicyclic) bond motifs is 2. The van der Waals surface area contributed by atoms with E-state index in [4.69, 9.17) is 9.47 Å². The van der Waals surface area contributed by atoms with Gasteiger partial charge in [-0.3, -0.25) is 4.79 Å². The molecule has 0 aliphatic heterocycles. The van der Waals surface area contributed by atoms with Crippen LogP contribution in [0.1, 0.15) is 59.5 Å². The van der Waals surface area contributed by atoms with Crippen LogP contribution in [0.5, 0.6) is 0 Å². The summed E-state index contributed by atoms with van der Waals surface area (Å²) in [7, 11) is 1.72. The number of carbonyl (C=O) groups excluding carboxylic acids is 2. The van der Waals surface area contributed by atoms with Crippen LogP contribution in [-0.4, -0.2) is 32.6 Å². The van der Waals surface area contributed by atoms with Crippen LogP contribution in [0.2, 0.25) is 0 Å². The molecule has 39 heavy (non-hydrogen) atoms. The van der Waals surface area contributed by atoms with Crippen LogP contribution in [0, 0.1) is 34.5 Å². The van der Waals surface area contributed by atoms with Gasteiger partial charge in [0.15, 0.2) is 6.29 Å². The van der Waals surface area contributed by atoms with Crippen molar-refractivity contribution in [3.05, 3.63) is 70.8 Å². The molecule has 0 spiro atoms. The van der Waals surface area contributed by atoms with E-state index in [1.807, 2.05) is 38.1 Å². The molecular weight excluding hydrogens is 488 g/mol. The van der Waals surface area contributed by atoms with Crippen molar-refractivity contribution in [3.8, 4) is 12.1 Å². The summed E-state index contributed by atoms with van der Waals surface area (Å²) in [6.07, 6.45) is 0.765. The second-order valence-corrected chi connectivity index (χ2v) is 10.4. The van der Waals surface area contributed by atoms with Gasteiger partial charge >= 0.3 is 5.97 Å². The van der Waals surface area contributed by atoms with Crippen LogP contribution >= 0.6 is 0 Å². The molecule has 0 radical (unpaired) electrons. The van der Waals surface area contributed by atoms with Crippen LogP contribution in [0.15, 0.2) is 48.5 Å². The van der Waals surface area contributed by atoms with E-state index < -0.39 is 5.97 Å². The molecule has 0 aromatic heterocycles. The number of aldehydes is 1. The van der Waals surface area contributed by atoms with Gasteiger partial charge in [0.2, 0.25) is 0 Å². The molecule has 6 heteroatoms. The highest BCUT2D eigenvalue weighted by Crippen LogP contribution is 2.43. The number of esters is 1. The summed E-state index contributed by atoms with van der Waals surface area (Å²) >= 11 is 0. The fourth-order valence-corrected chi connectivity index (χ4v) is 5.02. The fourth-order valence-electron chi connectivity index (χ4n) is 5.02. The first-order chi connectivity index (χ1) is 18.8. The molecule has 0 aliphatic rings. The Kier molecular flexibility index (Phi) is 8.10. The van der Waals surface area contributed by atoms with Crippen molar-refractivity contribution < 1.29 is 19.1 Å². The summed E-state index contributed by atoms with van der Waals surface area (Å²) in [6.45, 7) is 9.35. The SMILES string of the molecule is CC(C)COC(=O)c1ccc2c3ccc(C#N)c4c(C=O)ccc(c5ccc(C#N)c1c52)c43.COCC(C)C. The van der Waals surface area contributed by atoms with E-state index in [2.05, 4.69) is 26.0 Å². The number of nitriles is 2. The molecule has 0 unspecified atom stereocenters. The van der Waals surface area contributed by atoms with E-state index >= 15 is 0 Å². The van der Waals surface area contributed by atoms with E-state index in [1.54, 1.807) is 31.4 Å². The third kappa shape index (κ3) is 5.00. The Morgan fingerprint density at radius 3 is 1.69 bits per heavy atom. The first kappa shape index (κ1) is 27.5. The molecule has 0 saturated carbocycles. The van der Waals surface area contributed by atoms with Gasteiger partial charge in [0.25, 0.3) is 0 Å². The minimum Gasteiger partial charge on any atom is -0.462 e. The third-order valence-electron chi connectivity index (χ3n) is 6.57. The van der Waals surface area contributed by atoms with Crippen molar-refractivity contribution in [2.75, 3.05) is 20.3 Å². The molecule has 5 aromatic carbocycles. The van der Waals surface area contributed by atoms with Crippen molar-refractivity contribution >= 4 is 55.3 Å². The Balaban J connectivity index is 0.000000531. The highest BCUT2D eigenvalue weighted by Gasteiger charge is 2.22. The number of methoxy groups -OCH3 is 1.